The summed E-state index contributed by atoms with van der Waals surface area (Å²) in [6, 6.07) is -1.05. The van der Waals surface area contributed by atoms with Crippen LogP contribution in [0, 0.1) is 0 Å². The number of hydrogen-bond donors (Lipinski definition) is 2. The van der Waals surface area contributed by atoms with Gasteiger partial charge < -0.3 is 24.2 Å². The topological polar surface area (TPSA) is 94.5 Å². The molecule has 7 nitrogen and oxygen atoms in total. The molecule has 0 amide bonds. The van der Waals surface area contributed by atoms with Crippen LogP contribution in [0.4, 0.5) is 0 Å². The van der Waals surface area contributed by atoms with Crippen LogP contribution in [0.15, 0.2) is 0 Å². The molecular weight excluding hydrogens is 329 g/mol. The number of rotatable bonds is 7. The van der Waals surface area contributed by atoms with Crippen molar-refractivity contribution in [1.29, 1.82) is 0 Å². The van der Waals surface area contributed by atoms with Gasteiger partial charge in [-0.15, -0.1) is 0 Å². The molecule has 0 bridgehead atoms. The molecule has 3 unspecified atom stereocenters. The van der Waals surface area contributed by atoms with Gasteiger partial charge in [0.1, 0.15) is 21.8 Å². The lowest BCUT2D eigenvalue weighted by atomic mass is 9.96. The molecule has 0 aromatic heterocycles. The molecule has 0 aliphatic carbocycles. The first kappa shape index (κ1) is 18.8. The molecular formula is C11H19B2O7PS. The van der Waals surface area contributed by atoms with Gasteiger partial charge in [0.05, 0.1) is 24.9 Å². The van der Waals surface area contributed by atoms with E-state index in [9.17, 15) is 9.46 Å². The summed E-state index contributed by atoms with van der Waals surface area (Å²) in [5, 5.41) is 9.16. The highest BCUT2D eigenvalue weighted by Gasteiger charge is 2.40. The van der Waals surface area contributed by atoms with Crippen molar-refractivity contribution >= 4 is 33.9 Å². The molecule has 2 aliphatic heterocycles. The average Bonchev–Trinajstić information content (AvgIpc) is 2.98. The minimum absolute atomic E-state index is 0.212. The minimum Gasteiger partial charge on any atom is -0.394 e. The predicted molar refractivity (Wildman–Crippen MR) is 83.1 cm³/mol. The normalized spacial score (nSPS) is 41.6. The van der Waals surface area contributed by atoms with Crippen molar-refractivity contribution in [3.05, 3.63) is 0 Å². The number of aliphatic hydroxyl groups is 1. The van der Waals surface area contributed by atoms with E-state index in [0.717, 1.165) is 11.4 Å². The van der Waals surface area contributed by atoms with E-state index in [1.807, 2.05) is 0 Å². The Hall–Kier alpha value is 0.470. The highest BCUT2D eigenvalue weighted by atomic mass is 32.7. The smallest absolute Gasteiger partial charge is 0.387 e. The van der Waals surface area contributed by atoms with Crippen LogP contribution in [-0.2, 0) is 23.3 Å². The maximum Gasteiger partial charge on any atom is 0.387 e. The molecule has 7 atom stereocenters. The fourth-order valence-corrected chi connectivity index (χ4v) is 5.31. The zero-order chi connectivity index (χ0) is 16.3. The van der Waals surface area contributed by atoms with Crippen molar-refractivity contribution in [3.63, 3.8) is 0 Å². The summed E-state index contributed by atoms with van der Waals surface area (Å²) in [6.45, 7) is -4.26. The summed E-state index contributed by atoms with van der Waals surface area (Å²) < 4.78 is 33.3. The molecule has 0 aromatic rings. The standard InChI is InChI=1S/C11H19B2O7PS/c1-17-6-2-10(12)19-9(6)5-22-21(15,16)20-7-3-11(13)18-8(7)4-14/h6-11,14H,2-5H2,1H3,(H,15,16)/t6?,7?,8-,9-,10-,11-/m1/s1. The summed E-state index contributed by atoms with van der Waals surface area (Å²) in [4.78, 5) is 9.95. The Bertz CT molecular complexity index is 418. The zero-order valence-corrected chi connectivity index (χ0v) is 13.9. The molecule has 11 heteroatoms. The van der Waals surface area contributed by atoms with E-state index in [1.165, 1.54) is 0 Å². The molecule has 122 valence electrons. The van der Waals surface area contributed by atoms with Crippen molar-refractivity contribution in [1.82, 2.24) is 0 Å². The van der Waals surface area contributed by atoms with E-state index < -0.39 is 31.0 Å². The molecule has 2 heterocycles. The number of methoxy groups -OCH3 is 1. The fourth-order valence-electron chi connectivity index (χ4n) is 2.53. The quantitative estimate of drug-likeness (QED) is 0.482. The Morgan fingerprint density at radius 3 is 2.41 bits per heavy atom. The minimum atomic E-state index is -3.93. The van der Waals surface area contributed by atoms with Crippen LogP contribution in [-0.4, -0.2) is 81.6 Å². The van der Waals surface area contributed by atoms with E-state index >= 15 is 0 Å². The van der Waals surface area contributed by atoms with Crippen LogP contribution in [0.5, 0.6) is 0 Å². The Balaban J connectivity index is 1.84. The lowest BCUT2D eigenvalue weighted by Gasteiger charge is -2.22. The van der Waals surface area contributed by atoms with Gasteiger partial charge in [0.25, 0.3) is 0 Å². The molecule has 0 spiro atoms. The zero-order valence-electron chi connectivity index (χ0n) is 12.2. The summed E-state index contributed by atoms with van der Waals surface area (Å²) in [5.74, 6) is 0.212. The van der Waals surface area contributed by atoms with Gasteiger partial charge in [-0.05, 0) is 24.2 Å². The molecule has 2 N–H and O–H groups in total. The van der Waals surface area contributed by atoms with Gasteiger partial charge in [-0.25, -0.2) is 4.57 Å². The molecule has 2 fully saturated rings. The summed E-state index contributed by atoms with van der Waals surface area (Å²) in [7, 11) is 12.8. The Morgan fingerprint density at radius 2 is 1.82 bits per heavy atom. The largest absolute Gasteiger partial charge is 0.394 e. The van der Waals surface area contributed by atoms with Gasteiger partial charge in [-0.3, -0.25) is 4.52 Å². The van der Waals surface area contributed by atoms with Gasteiger partial charge >= 0.3 is 6.80 Å². The van der Waals surface area contributed by atoms with Gasteiger partial charge in [-0.2, -0.15) is 0 Å². The van der Waals surface area contributed by atoms with E-state index in [-0.39, 0.29) is 31.0 Å². The second kappa shape index (κ2) is 8.03. The van der Waals surface area contributed by atoms with Crippen LogP contribution in [0.3, 0.4) is 0 Å². The molecule has 0 aromatic carbocycles. The Labute approximate surface area is 136 Å². The van der Waals surface area contributed by atoms with Crippen molar-refractivity contribution in [2.75, 3.05) is 19.5 Å². The van der Waals surface area contributed by atoms with E-state index in [0.29, 0.717) is 6.42 Å². The molecule has 2 rings (SSSR count). The highest BCUT2D eigenvalue weighted by Crippen LogP contribution is 2.58. The maximum atomic E-state index is 12.2. The Morgan fingerprint density at radius 1 is 1.23 bits per heavy atom. The molecule has 22 heavy (non-hydrogen) atoms. The van der Waals surface area contributed by atoms with Crippen LogP contribution < -0.4 is 0 Å². The van der Waals surface area contributed by atoms with Crippen LogP contribution in [0.2, 0.25) is 0 Å². The molecule has 0 saturated carbocycles. The SMILES string of the molecule is [B][C@H]1CC(OC)[C@@H](CSP(=O)(O)OC2C[C@H]([B])O[C@@H]2CO)O1. The third kappa shape index (κ3) is 4.98. The van der Waals surface area contributed by atoms with Crippen LogP contribution in [0.1, 0.15) is 12.8 Å². The first-order chi connectivity index (χ1) is 10.3. The fraction of sp³-hybridized carbons (Fsp3) is 1.00. The molecule has 2 aliphatic rings. The first-order valence-electron chi connectivity index (χ1n) is 6.96. The maximum absolute atomic E-state index is 12.2. The van der Waals surface area contributed by atoms with Crippen molar-refractivity contribution in [2.45, 2.75) is 49.3 Å². The van der Waals surface area contributed by atoms with Gasteiger partial charge in [0.2, 0.25) is 0 Å². The number of ether oxygens (including phenoxy) is 3. The predicted octanol–water partition coefficient (Wildman–Crippen LogP) is -0.221. The van der Waals surface area contributed by atoms with Crippen molar-refractivity contribution < 1.29 is 33.3 Å². The summed E-state index contributed by atoms with van der Waals surface area (Å²) >= 11 is 0.748. The highest BCUT2D eigenvalue weighted by molar-refractivity contribution is 8.54. The summed E-state index contributed by atoms with van der Waals surface area (Å²) in [6.07, 6.45) is -1.20. The third-order valence-corrected chi connectivity index (χ3v) is 6.64. The number of hydrogen-bond acceptors (Lipinski definition) is 7. The second-order valence-corrected chi connectivity index (χ2v) is 9.16. The van der Waals surface area contributed by atoms with E-state index in [4.69, 9.17) is 39.5 Å². The van der Waals surface area contributed by atoms with Gasteiger partial charge in [-0.1, -0.05) is 0 Å². The van der Waals surface area contributed by atoms with E-state index in [2.05, 4.69) is 0 Å². The monoisotopic (exact) mass is 348 g/mol. The lowest BCUT2D eigenvalue weighted by Crippen LogP contribution is -2.27. The second-order valence-electron chi connectivity index (χ2n) is 5.26. The molecule has 4 radical (unpaired) electrons. The van der Waals surface area contributed by atoms with E-state index in [1.54, 1.807) is 7.11 Å². The van der Waals surface area contributed by atoms with Gasteiger partial charge in [0.15, 0.2) is 0 Å². The van der Waals surface area contributed by atoms with Crippen LogP contribution in [0.25, 0.3) is 0 Å². The van der Waals surface area contributed by atoms with Gasteiger partial charge in [0, 0.05) is 24.9 Å². The number of aliphatic hydroxyl groups excluding tert-OH is 1. The lowest BCUT2D eigenvalue weighted by molar-refractivity contribution is 0.00236. The van der Waals surface area contributed by atoms with Crippen molar-refractivity contribution in [2.24, 2.45) is 0 Å². The molecule has 2 saturated heterocycles. The Kier molecular flexibility index (Phi) is 6.86. The summed E-state index contributed by atoms with van der Waals surface area (Å²) in [5.41, 5.74) is 0. The third-order valence-electron chi connectivity index (χ3n) is 3.61. The average molecular weight is 348 g/mol. The van der Waals surface area contributed by atoms with Crippen molar-refractivity contribution in [3.8, 4) is 0 Å². The van der Waals surface area contributed by atoms with Crippen LogP contribution >= 0.6 is 18.2 Å². The first-order valence-corrected chi connectivity index (χ1v) is 10.1.